The van der Waals surface area contributed by atoms with E-state index in [2.05, 4.69) is 20.4 Å². The van der Waals surface area contributed by atoms with Crippen molar-refractivity contribution >= 4 is 5.82 Å². The maximum absolute atomic E-state index is 13.6. The Morgan fingerprint density at radius 2 is 2.05 bits per heavy atom. The zero-order chi connectivity index (χ0) is 15.4. The van der Waals surface area contributed by atoms with E-state index in [1.807, 2.05) is 36.5 Å². The first-order valence-corrected chi connectivity index (χ1v) is 6.75. The molecule has 22 heavy (non-hydrogen) atoms. The van der Waals surface area contributed by atoms with Crippen molar-refractivity contribution in [2.75, 3.05) is 18.5 Å². The van der Waals surface area contributed by atoms with Gasteiger partial charge in [0.05, 0.1) is 18.5 Å². The highest BCUT2D eigenvalue weighted by Gasteiger charge is 2.08. The molecule has 0 radical (unpaired) electrons. The van der Waals surface area contributed by atoms with Gasteiger partial charge in [-0.15, -0.1) is 0 Å². The van der Waals surface area contributed by atoms with Gasteiger partial charge in [0.1, 0.15) is 0 Å². The Morgan fingerprint density at radius 3 is 2.73 bits per heavy atom. The zero-order valence-electron chi connectivity index (χ0n) is 11.6. The Bertz CT molecular complexity index is 743. The van der Waals surface area contributed by atoms with Crippen LogP contribution < -0.4 is 5.32 Å². The molecule has 7 heteroatoms. The Hall–Kier alpha value is -2.80. The molecule has 112 valence electrons. The van der Waals surface area contributed by atoms with E-state index in [0.717, 1.165) is 17.4 Å². The molecular formula is C15H14FN5O. The van der Waals surface area contributed by atoms with Gasteiger partial charge in [0.15, 0.2) is 17.5 Å². The summed E-state index contributed by atoms with van der Waals surface area (Å²) >= 11 is 0. The third kappa shape index (κ3) is 2.94. The number of halogens is 1. The van der Waals surface area contributed by atoms with Crippen molar-refractivity contribution in [1.29, 1.82) is 0 Å². The van der Waals surface area contributed by atoms with Crippen molar-refractivity contribution in [1.82, 2.24) is 19.7 Å². The molecule has 6 nitrogen and oxygen atoms in total. The lowest BCUT2D eigenvalue weighted by Crippen LogP contribution is -2.09. The highest BCUT2D eigenvalue weighted by molar-refractivity contribution is 5.59. The quantitative estimate of drug-likeness (QED) is 0.752. The minimum Gasteiger partial charge on any atom is -0.395 e. The summed E-state index contributed by atoms with van der Waals surface area (Å²) in [5.41, 5.74) is 1.68. The van der Waals surface area contributed by atoms with E-state index in [1.54, 1.807) is 10.9 Å². The van der Waals surface area contributed by atoms with Gasteiger partial charge in [0.25, 0.3) is 0 Å². The van der Waals surface area contributed by atoms with E-state index >= 15 is 0 Å². The van der Waals surface area contributed by atoms with E-state index < -0.39 is 5.82 Å². The van der Waals surface area contributed by atoms with Gasteiger partial charge in [0.2, 0.25) is 0 Å². The molecule has 0 aliphatic carbocycles. The van der Waals surface area contributed by atoms with Crippen LogP contribution in [0.4, 0.5) is 10.2 Å². The van der Waals surface area contributed by atoms with Crippen molar-refractivity contribution < 1.29 is 9.50 Å². The van der Waals surface area contributed by atoms with Gasteiger partial charge < -0.3 is 10.4 Å². The topological polar surface area (TPSA) is 75.9 Å². The Balaban J connectivity index is 1.87. The Morgan fingerprint density at radius 1 is 1.23 bits per heavy atom. The van der Waals surface area contributed by atoms with Gasteiger partial charge in [-0.2, -0.15) is 5.10 Å². The second kappa shape index (κ2) is 6.31. The molecular weight excluding hydrogens is 285 g/mol. The molecule has 0 saturated heterocycles. The molecule has 0 aliphatic rings. The lowest BCUT2D eigenvalue weighted by atomic mass is 10.2. The van der Waals surface area contributed by atoms with Crippen LogP contribution in [0, 0.1) is 5.82 Å². The first kappa shape index (κ1) is 14.2. The van der Waals surface area contributed by atoms with Gasteiger partial charge in [0, 0.05) is 24.5 Å². The summed E-state index contributed by atoms with van der Waals surface area (Å²) in [7, 11) is 0. The molecule has 0 fully saturated rings. The molecule has 1 aromatic carbocycles. The van der Waals surface area contributed by atoms with Gasteiger partial charge in [-0.3, -0.25) is 0 Å². The van der Waals surface area contributed by atoms with Crippen molar-refractivity contribution in [3.63, 3.8) is 0 Å². The van der Waals surface area contributed by atoms with Crippen LogP contribution in [0.1, 0.15) is 0 Å². The maximum atomic E-state index is 13.6. The number of anilines is 1. The summed E-state index contributed by atoms with van der Waals surface area (Å²) in [4.78, 5) is 8.14. The lowest BCUT2D eigenvalue weighted by Gasteiger charge is -2.07. The molecule has 2 heterocycles. The number of rotatable bonds is 5. The molecule has 3 aromatic rings. The third-order valence-electron chi connectivity index (χ3n) is 3.04. The monoisotopic (exact) mass is 299 g/mol. The maximum Gasteiger partial charge on any atom is 0.183 e. The summed E-state index contributed by atoms with van der Waals surface area (Å²) in [6, 6.07) is 9.31. The number of aliphatic hydroxyl groups excluding tert-OH is 1. The minimum atomic E-state index is -0.551. The summed E-state index contributed by atoms with van der Waals surface area (Å²) in [6.45, 7) is 0.128. The Labute approximate surface area is 126 Å². The summed E-state index contributed by atoms with van der Waals surface area (Å²) < 4.78 is 15.3. The van der Waals surface area contributed by atoms with Gasteiger partial charge in [-0.1, -0.05) is 0 Å². The fourth-order valence-corrected chi connectivity index (χ4v) is 1.99. The van der Waals surface area contributed by atoms with Crippen LogP contribution in [-0.4, -0.2) is 38.0 Å². The predicted molar refractivity (Wildman–Crippen MR) is 80.1 cm³/mol. The SMILES string of the molecule is OCCNc1nc(-c2ccc(-n3cccn3)cc2)ncc1F. The van der Waals surface area contributed by atoms with Crippen molar-refractivity contribution in [3.8, 4) is 17.1 Å². The molecule has 0 aliphatic heterocycles. The van der Waals surface area contributed by atoms with E-state index in [9.17, 15) is 4.39 Å². The van der Waals surface area contributed by atoms with E-state index in [1.165, 1.54) is 0 Å². The van der Waals surface area contributed by atoms with Gasteiger partial charge in [-0.25, -0.2) is 19.0 Å². The number of nitrogens with zero attached hydrogens (tertiary/aromatic N) is 4. The largest absolute Gasteiger partial charge is 0.395 e. The van der Waals surface area contributed by atoms with Crippen molar-refractivity contribution in [2.45, 2.75) is 0 Å². The number of hydrogen-bond donors (Lipinski definition) is 2. The van der Waals surface area contributed by atoms with Crippen molar-refractivity contribution in [2.24, 2.45) is 0 Å². The first-order chi connectivity index (χ1) is 10.8. The predicted octanol–water partition coefficient (Wildman–Crippen LogP) is 1.87. The third-order valence-corrected chi connectivity index (χ3v) is 3.04. The molecule has 0 unspecified atom stereocenters. The number of hydrogen-bond acceptors (Lipinski definition) is 5. The number of nitrogens with one attached hydrogen (secondary N) is 1. The van der Waals surface area contributed by atoms with Crippen LogP contribution in [0.5, 0.6) is 0 Å². The molecule has 3 rings (SSSR count). The molecule has 0 saturated carbocycles. The first-order valence-electron chi connectivity index (χ1n) is 6.75. The van der Waals surface area contributed by atoms with Crippen LogP contribution in [-0.2, 0) is 0 Å². The number of aliphatic hydroxyl groups is 1. The fraction of sp³-hybridized carbons (Fsp3) is 0.133. The molecule has 2 N–H and O–H groups in total. The molecule has 0 spiro atoms. The molecule has 0 atom stereocenters. The summed E-state index contributed by atoms with van der Waals surface area (Å²) in [5.74, 6) is -0.0607. The highest BCUT2D eigenvalue weighted by atomic mass is 19.1. The van der Waals surface area contributed by atoms with Crippen LogP contribution in [0.15, 0.2) is 48.9 Å². The summed E-state index contributed by atoms with van der Waals surface area (Å²) in [6.07, 6.45) is 4.67. The second-order valence-electron chi connectivity index (χ2n) is 4.54. The van der Waals surface area contributed by atoms with Gasteiger partial charge >= 0.3 is 0 Å². The average Bonchev–Trinajstić information content (AvgIpc) is 3.09. The molecule has 0 amide bonds. The van der Waals surface area contributed by atoms with Crippen LogP contribution in [0.2, 0.25) is 0 Å². The minimum absolute atomic E-state index is 0.0789. The highest BCUT2D eigenvalue weighted by Crippen LogP contribution is 2.20. The number of benzene rings is 1. The normalized spacial score (nSPS) is 10.6. The average molecular weight is 299 g/mol. The smallest absolute Gasteiger partial charge is 0.183 e. The van der Waals surface area contributed by atoms with Gasteiger partial charge in [-0.05, 0) is 30.3 Å². The van der Waals surface area contributed by atoms with Crippen LogP contribution >= 0.6 is 0 Å². The lowest BCUT2D eigenvalue weighted by molar-refractivity contribution is 0.310. The standard InChI is InChI=1S/C15H14FN5O/c16-13-10-18-14(20-15(13)17-7-9-22)11-2-4-12(5-3-11)21-8-1-6-19-21/h1-6,8,10,22H,7,9H2,(H,17,18,20). The van der Waals surface area contributed by atoms with Crippen LogP contribution in [0.3, 0.4) is 0 Å². The van der Waals surface area contributed by atoms with Crippen LogP contribution in [0.25, 0.3) is 17.1 Å². The fourth-order valence-electron chi connectivity index (χ4n) is 1.99. The molecule has 0 bridgehead atoms. The zero-order valence-corrected chi connectivity index (χ0v) is 11.6. The van der Waals surface area contributed by atoms with E-state index in [4.69, 9.17) is 5.11 Å². The van der Waals surface area contributed by atoms with E-state index in [-0.39, 0.29) is 19.0 Å². The van der Waals surface area contributed by atoms with Crippen molar-refractivity contribution in [3.05, 3.63) is 54.7 Å². The molecule has 2 aromatic heterocycles. The number of aromatic nitrogens is 4. The Kier molecular flexibility index (Phi) is 4.06. The second-order valence-corrected chi connectivity index (χ2v) is 4.54. The van der Waals surface area contributed by atoms with E-state index in [0.29, 0.717) is 5.82 Å². The summed E-state index contributed by atoms with van der Waals surface area (Å²) in [5, 5.41) is 15.7.